The summed E-state index contributed by atoms with van der Waals surface area (Å²) in [6.45, 7) is 3.34. The highest BCUT2D eigenvalue weighted by atomic mass is 35.5. The third-order valence-electron chi connectivity index (χ3n) is 3.52. The lowest BCUT2D eigenvalue weighted by Gasteiger charge is -2.29. The molecular formula is C14H18ClN3. The Labute approximate surface area is 113 Å². The van der Waals surface area contributed by atoms with Crippen LogP contribution in [0.3, 0.4) is 0 Å². The zero-order chi connectivity index (χ0) is 13.0. The number of hydrogen-bond donors (Lipinski definition) is 1. The molecule has 0 amide bonds. The van der Waals surface area contributed by atoms with Gasteiger partial charge in [-0.15, -0.1) is 0 Å². The predicted octanol–water partition coefficient (Wildman–Crippen LogP) is 2.97. The summed E-state index contributed by atoms with van der Waals surface area (Å²) >= 11 is 6.00. The van der Waals surface area contributed by atoms with Crippen LogP contribution in [0, 0.1) is 17.2 Å². The van der Waals surface area contributed by atoms with Crippen LogP contribution in [0.4, 0.5) is 5.69 Å². The smallest absolute Gasteiger partial charge is 0.101 e. The second kappa shape index (κ2) is 6.08. The summed E-state index contributed by atoms with van der Waals surface area (Å²) in [6, 6.07) is 7.58. The van der Waals surface area contributed by atoms with Crippen molar-refractivity contribution in [2.45, 2.75) is 12.8 Å². The fraction of sp³-hybridized carbons (Fsp3) is 0.500. The Balaban J connectivity index is 1.87. The standard InChI is InChI=1S/C14H18ClN3/c1-18-6-4-11(5-7-18)10-17-13-3-2-12(9-16)14(15)8-13/h2-3,8,11,17H,4-7,10H2,1H3. The van der Waals surface area contributed by atoms with Gasteiger partial charge in [-0.3, -0.25) is 0 Å². The van der Waals surface area contributed by atoms with E-state index in [1.165, 1.54) is 25.9 Å². The molecule has 1 N–H and O–H groups in total. The van der Waals surface area contributed by atoms with Crippen molar-refractivity contribution in [2.24, 2.45) is 5.92 Å². The second-order valence-corrected chi connectivity index (χ2v) is 5.34. The number of piperidine rings is 1. The number of nitrogens with one attached hydrogen (secondary N) is 1. The van der Waals surface area contributed by atoms with E-state index in [2.05, 4.69) is 23.3 Å². The van der Waals surface area contributed by atoms with Crippen LogP contribution in [-0.4, -0.2) is 31.6 Å². The minimum atomic E-state index is 0.519. The number of nitrogens with zero attached hydrogens (tertiary/aromatic N) is 2. The van der Waals surface area contributed by atoms with Gasteiger partial charge >= 0.3 is 0 Å². The van der Waals surface area contributed by atoms with Crippen molar-refractivity contribution < 1.29 is 0 Å². The number of likely N-dealkylation sites (tertiary alicyclic amines) is 1. The lowest BCUT2D eigenvalue weighted by molar-refractivity contribution is 0.226. The minimum absolute atomic E-state index is 0.519. The van der Waals surface area contributed by atoms with E-state index in [9.17, 15) is 0 Å². The summed E-state index contributed by atoms with van der Waals surface area (Å²) in [5, 5.41) is 12.7. The zero-order valence-electron chi connectivity index (χ0n) is 10.6. The molecule has 1 saturated heterocycles. The quantitative estimate of drug-likeness (QED) is 0.911. The monoisotopic (exact) mass is 263 g/mol. The molecular weight excluding hydrogens is 246 g/mol. The summed E-state index contributed by atoms with van der Waals surface area (Å²) in [7, 11) is 2.17. The Kier molecular flexibility index (Phi) is 4.46. The van der Waals surface area contributed by atoms with E-state index in [4.69, 9.17) is 16.9 Å². The molecule has 0 bridgehead atoms. The molecule has 1 aromatic rings. The van der Waals surface area contributed by atoms with E-state index in [0.29, 0.717) is 10.6 Å². The Morgan fingerprint density at radius 3 is 2.78 bits per heavy atom. The topological polar surface area (TPSA) is 39.1 Å². The minimum Gasteiger partial charge on any atom is -0.385 e. The average molecular weight is 264 g/mol. The second-order valence-electron chi connectivity index (χ2n) is 4.93. The lowest BCUT2D eigenvalue weighted by atomic mass is 9.97. The fourth-order valence-electron chi connectivity index (χ4n) is 2.24. The molecule has 18 heavy (non-hydrogen) atoms. The molecule has 0 unspecified atom stereocenters. The predicted molar refractivity (Wildman–Crippen MR) is 74.9 cm³/mol. The van der Waals surface area contributed by atoms with Gasteiger partial charge in [0, 0.05) is 12.2 Å². The normalized spacial score (nSPS) is 17.4. The average Bonchev–Trinajstić information content (AvgIpc) is 2.38. The fourth-order valence-corrected chi connectivity index (χ4v) is 2.47. The third kappa shape index (κ3) is 3.38. The van der Waals surface area contributed by atoms with Gasteiger partial charge in [-0.25, -0.2) is 0 Å². The van der Waals surface area contributed by atoms with Crippen LogP contribution in [0.25, 0.3) is 0 Å². The number of anilines is 1. The maximum Gasteiger partial charge on any atom is 0.101 e. The molecule has 0 radical (unpaired) electrons. The number of rotatable bonds is 3. The molecule has 1 fully saturated rings. The Bertz CT molecular complexity index is 445. The van der Waals surface area contributed by atoms with Gasteiger partial charge in [0.05, 0.1) is 10.6 Å². The van der Waals surface area contributed by atoms with Gasteiger partial charge in [-0.1, -0.05) is 11.6 Å². The van der Waals surface area contributed by atoms with Crippen molar-refractivity contribution in [3.05, 3.63) is 28.8 Å². The largest absolute Gasteiger partial charge is 0.385 e. The van der Waals surface area contributed by atoms with Crippen molar-refractivity contribution in [2.75, 3.05) is 32.0 Å². The third-order valence-corrected chi connectivity index (χ3v) is 3.84. The van der Waals surface area contributed by atoms with Crippen molar-refractivity contribution in [1.29, 1.82) is 5.26 Å². The number of hydrogen-bond acceptors (Lipinski definition) is 3. The maximum atomic E-state index is 8.81. The Morgan fingerprint density at radius 2 is 2.17 bits per heavy atom. The van der Waals surface area contributed by atoms with E-state index in [0.717, 1.165) is 18.2 Å². The molecule has 1 aromatic carbocycles. The van der Waals surface area contributed by atoms with Gasteiger partial charge in [-0.05, 0) is 57.1 Å². The molecule has 0 atom stereocenters. The highest BCUT2D eigenvalue weighted by Gasteiger charge is 2.16. The Morgan fingerprint density at radius 1 is 1.44 bits per heavy atom. The van der Waals surface area contributed by atoms with Crippen LogP contribution in [-0.2, 0) is 0 Å². The highest BCUT2D eigenvalue weighted by molar-refractivity contribution is 6.32. The van der Waals surface area contributed by atoms with Crippen LogP contribution in [0.2, 0.25) is 5.02 Å². The van der Waals surface area contributed by atoms with Crippen molar-refractivity contribution in [1.82, 2.24) is 4.90 Å². The molecule has 1 heterocycles. The van der Waals surface area contributed by atoms with Gasteiger partial charge in [0.15, 0.2) is 0 Å². The number of halogens is 1. The highest BCUT2D eigenvalue weighted by Crippen LogP contribution is 2.22. The van der Waals surface area contributed by atoms with Crippen LogP contribution >= 0.6 is 11.6 Å². The SMILES string of the molecule is CN1CCC(CNc2ccc(C#N)c(Cl)c2)CC1. The van der Waals surface area contributed by atoms with Gasteiger partial charge in [0.2, 0.25) is 0 Å². The van der Waals surface area contributed by atoms with Gasteiger partial charge < -0.3 is 10.2 Å². The molecule has 0 saturated carbocycles. The number of nitriles is 1. The van der Waals surface area contributed by atoms with Gasteiger partial charge in [-0.2, -0.15) is 5.26 Å². The van der Waals surface area contributed by atoms with E-state index in [1.54, 1.807) is 6.07 Å². The van der Waals surface area contributed by atoms with Crippen molar-refractivity contribution in [3.8, 4) is 6.07 Å². The Hall–Kier alpha value is -1.24. The van der Waals surface area contributed by atoms with Gasteiger partial charge in [0.1, 0.15) is 6.07 Å². The first-order chi connectivity index (χ1) is 8.69. The molecule has 0 aromatic heterocycles. The molecule has 1 aliphatic rings. The van der Waals surface area contributed by atoms with Crippen LogP contribution in [0.1, 0.15) is 18.4 Å². The number of benzene rings is 1. The zero-order valence-corrected chi connectivity index (χ0v) is 11.4. The molecule has 1 aliphatic heterocycles. The van der Waals surface area contributed by atoms with Gasteiger partial charge in [0.25, 0.3) is 0 Å². The summed E-state index contributed by atoms with van der Waals surface area (Å²) in [4.78, 5) is 2.37. The van der Waals surface area contributed by atoms with E-state index in [1.807, 2.05) is 12.1 Å². The summed E-state index contributed by atoms with van der Waals surface area (Å²) in [5.41, 5.74) is 1.53. The first-order valence-electron chi connectivity index (χ1n) is 6.31. The molecule has 96 valence electrons. The summed E-state index contributed by atoms with van der Waals surface area (Å²) in [5.74, 6) is 0.732. The molecule has 3 nitrogen and oxygen atoms in total. The van der Waals surface area contributed by atoms with Crippen molar-refractivity contribution >= 4 is 17.3 Å². The first kappa shape index (κ1) is 13.2. The summed E-state index contributed by atoms with van der Waals surface area (Å²) in [6.07, 6.45) is 2.49. The molecule has 0 spiro atoms. The van der Waals surface area contributed by atoms with Crippen LogP contribution < -0.4 is 5.32 Å². The van der Waals surface area contributed by atoms with E-state index in [-0.39, 0.29) is 0 Å². The molecule has 0 aliphatic carbocycles. The van der Waals surface area contributed by atoms with E-state index < -0.39 is 0 Å². The van der Waals surface area contributed by atoms with Crippen molar-refractivity contribution in [3.63, 3.8) is 0 Å². The maximum absolute atomic E-state index is 8.81. The van der Waals surface area contributed by atoms with Crippen LogP contribution in [0.5, 0.6) is 0 Å². The summed E-state index contributed by atoms with van der Waals surface area (Å²) < 4.78 is 0. The van der Waals surface area contributed by atoms with Crippen LogP contribution in [0.15, 0.2) is 18.2 Å². The van der Waals surface area contributed by atoms with E-state index >= 15 is 0 Å². The molecule has 4 heteroatoms. The lowest BCUT2D eigenvalue weighted by Crippen LogP contribution is -2.32. The molecule has 2 rings (SSSR count). The first-order valence-corrected chi connectivity index (χ1v) is 6.69.